The number of guanidine groups is 1. The molecule has 3 N–H and O–H groups in total. The van der Waals surface area contributed by atoms with Gasteiger partial charge >= 0.3 is 0 Å². The Morgan fingerprint density at radius 1 is 1.36 bits per heavy atom. The zero-order chi connectivity index (χ0) is 19.2. The topological polar surface area (TPSA) is 96.9 Å². The maximum Gasteiger partial charge on any atom is 0.252 e. The third-order valence-electron chi connectivity index (χ3n) is 4.07. The van der Waals surface area contributed by atoms with Gasteiger partial charge in [-0.1, -0.05) is 0 Å². The minimum Gasteiger partial charge on any atom is -0.381 e. The molecule has 2 rings (SSSR count). The number of ether oxygens (including phenoxy) is 2. The summed E-state index contributed by atoms with van der Waals surface area (Å²) in [4.78, 5) is 20.4. The Bertz CT molecular complexity index is 568. The minimum atomic E-state index is -0.128. The standard InChI is InChI=1S/C19H31N5O3.HI/c1-2-21-19(23-8-4-11-26-14-16-6-12-27-15-16)24-10-9-22-18(25)17-5-3-7-20-13-17;/h3,5,7,13,16H,2,4,6,8-12,14-15H2,1H3,(H,22,25)(H2,21,23,24);1H. The van der Waals surface area contributed by atoms with Crippen molar-refractivity contribution in [2.75, 3.05) is 52.6 Å². The number of halogens is 1. The van der Waals surface area contributed by atoms with E-state index in [4.69, 9.17) is 9.47 Å². The predicted octanol–water partition coefficient (Wildman–Crippen LogP) is 1.43. The summed E-state index contributed by atoms with van der Waals surface area (Å²) in [6.45, 7) is 7.77. The molecule has 158 valence electrons. The van der Waals surface area contributed by atoms with Crippen molar-refractivity contribution in [1.82, 2.24) is 20.9 Å². The van der Waals surface area contributed by atoms with Gasteiger partial charge in [0.2, 0.25) is 0 Å². The Balaban J connectivity index is 0.00000392. The first-order chi connectivity index (χ1) is 13.3. The second-order valence-corrected chi connectivity index (χ2v) is 6.34. The summed E-state index contributed by atoms with van der Waals surface area (Å²) in [6, 6.07) is 3.48. The SMILES string of the molecule is CCNC(=NCCCOCC1CCOC1)NCCNC(=O)c1cccnc1.I. The van der Waals surface area contributed by atoms with Crippen LogP contribution in [0.15, 0.2) is 29.5 Å². The van der Waals surface area contributed by atoms with E-state index in [0.29, 0.717) is 37.7 Å². The number of hydrogen-bond donors (Lipinski definition) is 3. The van der Waals surface area contributed by atoms with E-state index < -0.39 is 0 Å². The molecule has 0 spiro atoms. The van der Waals surface area contributed by atoms with Crippen LogP contribution in [0.2, 0.25) is 0 Å². The number of rotatable bonds is 11. The van der Waals surface area contributed by atoms with Gasteiger partial charge in [-0.25, -0.2) is 0 Å². The molecule has 1 amide bonds. The molecule has 1 unspecified atom stereocenters. The average molecular weight is 505 g/mol. The molecular weight excluding hydrogens is 473 g/mol. The summed E-state index contributed by atoms with van der Waals surface area (Å²) in [5.41, 5.74) is 0.558. The van der Waals surface area contributed by atoms with E-state index >= 15 is 0 Å². The molecule has 28 heavy (non-hydrogen) atoms. The number of carbonyl (C=O) groups is 1. The van der Waals surface area contributed by atoms with Crippen molar-refractivity contribution in [1.29, 1.82) is 0 Å². The molecule has 0 radical (unpaired) electrons. The van der Waals surface area contributed by atoms with Crippen LogP contribution in [0, 0.1) is 5.92 Å². The van der Waals surface area contributed by atoms with E-state index in [2.05, 4.69) is 25.9 Å². The zero-order valence-corrected chi connectivity index (χ0v) is 18.8. The fourth-order valence-corrected chi connectivity index (χ4v) is 2.62. The second-order valence-electron chi connectivity index (χ2n) is 6.34. The molecule has 0 saturated carbocycles. The van der Waals surface area contributed by atoms with E-state index in [0.717, 1.165) is 45.2 Å². The van der Waals surface area contributed by atoms with Crippen LogP contribution in [0.3, 0.4) is 0 Å². The maximum absolute atomic E-state index is 11.9. The summed E-state index contributed by atoms with van der Waals surface area (Å²) in [5.74, 6) is 1.17. The summed E-state index contributed by atoms with van der Waals surface area (Å²) in [7, 11) is 0. The number of amides is 1. The number of nitrogens with one attached hydrogen (secondary N) is 3. The highest BCUT2D eigenvalue weighted by atomic mass is 127. The molecule has 1 aromatic heterocycles. The summed E-state index contributed by atoms with van der Waals surface area (Å²) < 4.78 is 11.0. The van der Waals surface area contributed by atoms with Gasteiger partial charge in [-0.3, -0.25) is 14.8 Å². The van der Waals surface area contributed by atoms with Crippen molar-refractivity contribution < 1.29 is 14.3 Å². The summed E-state index contributed by atoms with van der Waals surface area (Å²) >= 11 is 0. The lowest BCUT2D eigenvalue weighted by atomic mass is 10.1. The fourth-order valence-electron chi connectivity index (χ4n) is 2.62. The van der Waals surface area contributed by atoms with Gasteiger partial charge in [-0.05, 0) is 31.9 Å². The minimum absolute atomic E-state index is 0. The van der Waals surface area contributed by atoms with Crippen LogP contribution < -0.4 is 16.0 Å². The molecule has 1 fully saturated rings. The Kier molecular flexibility index (Phi) is 13.6. The van der Waals surface area contributed by atoms with Gasteiger partial charge in [0, 0.05) is 57.7 Å². The first-order valence-electron chi connectivity index (χ1n) is 9.65. The van der Waals surface area contributed by atoms with Gasteiger partial charge < -0.3 is 25.4 Å². The van der Waals surface area contributed by atoms with Crippen molar-refractivity contribution in [2.45, 2.75) is 19.8 Å². The van der Waals surface area contributed by atoms with E-state index in [9.17, 15) is 4.79 Å². The molecule has 0 bridgehead atoms. The van der Waals surface area contributed by atoms with Crippen LogP contribution in [-0.4, -0.2) is 69.5 Å². The van der Waals surface area contributed by atoms with Crippen LogP contribution in [0.5, 0.6) is 0 Å². The Hall–Kier alpha value is -1.46. The monoisotopic (exact) mass is 505 g/mol. The molecular formula is C19H32IN5O3. The van der Waals surface area contributed by atoms with Crippen LogP contribution in [0.25, 0.3) is 0 Å². The van der Waals surface area contributed by atoms with Crippen LogP contribution in [0.4, 0.5) is 0 Å². The molecule has 1 aliphatic heterocycles. The van der Waals surface area contributed by atoms with Crippen LogP contribution in [0.1, 0.15) is 30.1 Å². The number of hydrogen-bond acceptors (Lipinski definition) is 5. The lowest BCUT2D eigenvalue weighted by Crippen LogP contribution is -2.41. The number of nitrogens with zero attached hydrogens (tertiary/aromatic N) is 2. The molecule has 1 atom stereocenters. The highest BCUT2D eigenvalue weighted by molar-refractivity contribution is 14.0. The Morgan fingerprint density at radius 2 is 2.21 bits per heavy atom. The first kappa shape index (κ1) is 24.6. The molecule has 8 nitrogen and oxygen atoms in total. The number of pyridine rings is 1. The smallest absolute Gasteiger partial charge is 0.252 e. The molecule has 2 heterocycles. The van der Waals surface area contributed by atoms with Gasteiger partial charge in [-0.2, -0.15) is 0 Å². The fraction of sp³-hybridized carbons (Fsp3) is 0.632. The van der Waals surface area contributed by atoms with Crippen LogP contribution >= 0.6 is 24.0 Å². The normalized spacial score (nSPS) is 16.3. The maximum atomic E-state index is 11.9. The third kappa shape index (κ3) is 10.2. The van der Waals surface area contributed by atoms with Crippen molar-refractivity contribution in [3.05, 3.63) is 30.1 Å². The van der Waals surface area contributed by atoms with Gasteiger partial charge in [0.25, 0.3) is 5.91 Å². The second kappa shape index (κ2) is 15.5. The van der Waals surface area contributed by atoms with E-state index in [1.165, 1.54) is 0 Å². The van der Waals surface area contributed by atoms with Crippen LogP contribution in [-0.2, 0) is 9.47 Å². The molecule has 0 aliphatic carbocycles. The summed E-state index contributed by atoms with van der Waals surface area (Å²) in [6.07, 6.45) is 5.17. The Morgan fingerprint density at radius 3 is 2.93 bits per heavy atom. The highest BCUT2D eigenvalue weighted by Gasteiger charge is 2.15. The number of aliphatic imine (C=N–C) groups is 1. The summed E-state index contributed by atoms with van der Waals surface area (Å²) in [5, 5.41) is 9.26. The van der Waals surface area contributed by atoms with E-state index in [1.54, 1.807) is 24.5 Å². The lowest BCUT2D eigenvalue weighted by molar-refractivity contribution is 0.0893. The average Bonchev–Trinajstić information content (AvgIpc) is 3.21. The van der Waals surface area contributed by atoms with E-state index in [-0.39, 0.29) is 29.9 Å². The molecule has 1 saturated heterocycles. The zero-order valence-electron chi connectivity index (χ0n) is 16.5. The quantitative estimate of drug-likeness (QED) is 0.182. The van der Waals surface area contributed by atoms with Crippen molar-refractivity contribution in [3.8, 4) is 0 Å². The molecule has 1 aromatic rings. The lowest BCUT2D eigenvalue weighted by Gasteiger charge is -2.12. The van der Waals surface area contributed by atoms with Gasteiger partial charge in [0.15, 0.2) is 5.96 Å². The first-order valence-corrected chi connectivity index (χ1v) is 9.65. The number of carbonyl (C=O) groups excluding carboxylic acids is 1. The van der Waals surface area contributed by atoms with Gasteiger partial charge in [0.05, 0.1) is 18.8 Å². The highest BCUT2D eigenvalue weighted by Crippen LogP contribution is 2.12. The van der Waals surface area contributed by atoms with Crippen molar-refractivity contribution in [3.63, 3.8) is 0 Å². The molecule has 1 aliphatic rings. The van der Waals surface area contributed by atoms with Gasteiger partial charge in [-0.15, -0.1) is 24.0 Å². The van der Waals surface area contributed by atoms with Gasteiger partial charge in [0.1, 0.15) is 0 Å². The molecule has 9 heteroatoms. The van der Waals surface area contributed by atoms with Crippen molar-refractivity contribution in [2.24, 2.45) is 10.9 Å². The molecule has 0 aromatic carbocycles. The third-order valence-corrected chi connectivity index (χ3v) is 4.07. The van der Waals surface area contributed by atoms with Crippen molar-refractivity contribution >= 4 is 35.8 Å². The van der Waals surface area contributed by atoms with E-state index in [1.807, 2.05) is 6.92 Å². The Labute approximate surface area is 184 Å². The predicted molar refractivity (Wildman–Crippen MR) is 120 cm³/mol. The number of aromatic nitrogens is 1. The largest absolute Gasteiger partial charge is 0.381 e.